The normalized spacial score (nSPS) is 13.5. The molecular formula is C28H29N3O7. The Bertz CT molecular complexity index is 1290. The minimum atomic E-state index is -0.734. The van der Waals surface area contributed by atoms with Crippen molar-refractivity contribution in [2.24, 2.45) is 5.92 Å². The van der Waals surface area contributed by atoms with E-state index in [0.29, 0.717) is 39.9 Å². The summed E-state index contributed by atoms with van der Waals surface area (Å²) in [7, 11) is 0. The molecule has 0 fully saturated rings. The Kier molecular flexibility index (Phi) is 8.68. The second kappa shape index (κ2) is 12.5. The maximum atomic E-state index is 12.9. The molecule has 0 saturated carbocycles. The van der Waals surface area contributed by atoms with E-state index in [2.05, 4.69) is 10.6 Å². The summed E-state index contributed by atoms with van der Waals surface area (Å²) < 4.78 is 21.9. The van der Waals surface area contributed by atoms with Gasteiger partial charge in [0, 0.05) is 17.7 Å². The van der Waals surface area contributed by atoms with E-state index in [1.54, 1.807) is 72.8 Å². The number of amides is 2. The number of hydrogen-bond acceptors (Lipinski definition) is 8. The summed E-state index contributed by atoms with van der Waals surface area (Å²) in [6.07, 6.45) is 1.61. The number of para-hydroxylation sites is 2. The molecule has 0 radical (unpaired) electrons. The molecule has 5 N–H and O–H groups in total. The highest BCUT2D eigenvalue weighted by molar-refractivity contribution is 6.01. The molecule has 198 valence electrons. The highest BCUT2D eigenvalue weighted by atomic mass is 16.7. The van der Waals surface area contributed by atoms with Gasteiger partial charge in [0.15, 0.2) is 11.5 Å². The minimum Gasteiger partial charge on any atom is -0.491 e. The van der Waals surface area contributed by atoms with Crippen LogP contribution < -0.4 is 30.6 Å². The predicted octanol–water partition coefficient (Wildman–Crippen LogP) is 4.49. The van der Waals surface area contributed by atoms with Crippen molar-refractivity contribution in [3.63, 3.8) is 0 Å². The SMILES string of the molecule is C[C@@H](/C=C/C(=O)Nc1ccccc1N)[C@H](OC(=O)Nc1ccc2c(c1)OCO2)c1ccc(OCCO)cc1. The van der Waals surface area contributed by atoms with Gasteiger partial charge in [0.2, 0.25) is 12.7 Å². The molecule has 38 heavy (non-hydrogen) atoms. The van der Waals surface area contributed by atoms with Gasteiger partial charge in [0.25, 0.3) is 0 Å². The Morgan fingerprint density at radius 2 is 1.82 bits per heavy atom. The molecule has 0 saturated heterocycles. The lowest BCUT2D eigenvalue weighted by atomic mass is 9.96. The van der Waals surface area contributed by atoms with Gasteiger partial charge in [-0.25, -0.2) is 4.79 Å². The van der Waals surface area contributed by atoms with Gasteiger partial charge in [-0.1, -0.05) is 37.3 Å². The topological polar surface area (TPSA) is 141 Å². The zero-order chi connectivity index (χ0) is 26.9. The standard InChI is InChI=1S/C28H29N3O7/c1-18(6-13-26(33)31-23-5-3-2-4-22(23)29)27(19-7-10-21(11-8-19)35-15-14-32)38-28(34)30-20-9-12-24-25(16-20)37-17-36-24/h2-13,16,18,27,32H,14-15,17,29H2,1H3,(H,30,34)(H,31,33)/b13-6+/t18-,27-/m0/s1. The van der Waals surface area contributed by atoms with E-state index in [1.165, 1.54) is 6.08 Å². The maximum Gasteiger partial charge on any atom is 0.412 e. The second-order valence-electron chi connectivity index (χ2n) is 8.45. The van der Waals surface area contributed by atoms with E-state index < -0.39 is 12.2 Å². The third-order valence-electron chi connectivity index (χ3n) is 5.67. The molecule has 0 bridgehead atoms. The van der Waals surface area contributed by atoms with Crippen LogP contribution in [-0.4, -0.2) is 37.1 Å². The van der Waals surface area contributed by atoms with Crippen molar-refractivity contribution < 1.29 is 33.6 Å². The average molecular weight is 520 g/mol. The molecule has 3 aromatic rings. The van der Waals surface area contributed by atoms with Gasteiger partial charge in [-0.05, 0) is 48.0 Å². The van der Waals surface area contributed by atoms with E-state index in [9.17, 15) is 9.59 Å². The maximum absolute atomic E-state index is 12.9. The van der Waals surface area contributed by atoms with Crippen LogP contribution in [0.1, 0.15) is 18.6 Å². The Morgan fingerprint density at radius 3 is 2.58 bits per heavy atom. The van der Waals surface area contributed by atoms with E-state index in [-0.39, 0.29) is 31.8 Å². The Balaban J connectivity index is 1.47. The number of carbonyl (C=O) groups is 2. The third-order valence-corrected chi connectivity index (χ3v) is 5.67. The Morgan fingerprint density at radius 1 is 1.05 bits per heavy atom. The van der Waals surface area contributed by atoms with Crippen molar-refractivity contribution in [1.29, 1.82) is 0 Å². The van der Waals surface area contributed by atoms with Crippen LogP contribution in [0.15, 0.2) is 78.9 Å². The van der Waals surface area contributed by atoms with Gasteiger partial charge in [0.1, 0.15) is 18.5 Å². The quantitative estimate of drug-likeness (QED) is 0.227. The number of hydrogen-bond donors (Lipinski definition) is 4. The van der Waals surface area contributed by atoms with Gasteiger partial charge in [0.05, 0.1) is 18.0 Å². The molecule has 0 spiro atoms. The number of nitrogens with two attached hydrogens (primary N) is 1. The van der Waals surface area contributed by atoms with Crippen LogP contribution in [0.5, 0.6) is 17.2 Å². The first-order valence-electron chi connectivity index (χ1n) is 12.0. The summed E-state index contributed by atoms with van der Waals surface area (Å²) in [5.74, 6) is 0.930. The van der Waals surface area contributed by atoms with E-state index in [1.807, 2.05) is 6.92 Å². The Hall–Kier alpha value is -4.70. The molecule has 1 heterocycles. The van der Waals surface area contributed by atoms with Crippen molar-refractivity contribution in [3.05, 3.63) is 84.4 Å². The fraction of sp³-hybridized carbons (Fsp3) is 0.214. The number of aliphatic hydroxyl groups is 1. The molecule has 1 aliphatic heterocycles. The van der Waals surface area contributed by atoms with Gasteiger partial charge in [-0.15, -0.1) is 0 Å². The molecule has 2 amide bonds. The highest BCUT2D eigenvalue weighted by Crippen LogP contribution is 2.35. The van der Waals surface area contributed by atoms with Gasteiger partial charge >= 0.3 is 6.09 Å². The van der Waals surface area contributed by atoms with Gasteiger partial charge < -0.3 is 35.1 Å². The minimum absolute atomic E-state index is 0.105. The predicted molar refractivity (Wildman–Crippen MR) is 142 cm³/mol. The molecule has 2 atom stereocenters. The van der Waals surface area contributed by atoms with Crippen LogP contribution in [0, 0.1) is 5.92 Å². The highest BCUT2D eigenvalue weighted by Gasteiger charge is 2.23. The number of nitrogen functional groups attached to an aromatic ring is 1. The first kappa shape index (κ1) is 26.4. The fourth-order valence-corrected chi connectivity index (χ4v) is 3.76. The number of carbonyl (C=O) groups excluding carboxylic acids is 2. The lowest BCUT2D eigenvalue weighted by Gasteiger charge is -2.23. The summed E-state index contributed by atoms with van der Waals surface area (Å²) in [4.78, 5) is 25.3. The van der Waals surface area contributed by atoms with Crippen molar-refractivity contribution in [1.82, 2.24) is 0 Å². The first-order valence-corrected chi connectivity index (χ1v) is 12.0. The summed E-state index contributed by atoms with van der Waals surface area (Å²) in [6, 6.07) is 18.9. The van der Waals surface area contributed by atoms with Crippen molar-refractivity contribution >= 4 is 29.1 Å². The number of nitrogens with one attached hydrogen (secondary N) is 2. The molecule has 3 aromatic carbocycles. The molecule has 1 aliphatic rings. The molecular weight excluding hydrogens is 490 g/mol. The van der Waals surface area contributed by atoms with Crippen LogP contribution in [0.4, 0.5) is 21.9 Å². The summed E-state index contributed by atoms with van der Waals surface area (Å²) in [6.45, 7) is 2.01. The fourth-order valence-electron chi connectivity index (χ4n) is 3.76. The smallest absolute Gasteiger partial charge is 0.412 e. The van der Waals surface area contributed by atoms with Crippen LogP contribution in [0.3, 0.4) is 0 Å². The number of rotatable bonds is 10. The van der Waals surface area contributed by atoms with Gasteiger partial charge in [-0.2, -0.15) is 0 Å². The molecule has 10 nitrogen and oxygen atoms in total. The van der Waals surface area contributed by atoms with E-state index >= 15 is 0 Å². The summed E-state index contributed by atoms with van der Waals surface area (Å²) in [5, 5.41) is 14.4. The lowest BCUT2D eigenvalue weighted by Crippen LogP contribution is -2.21. The van der Waals surface area contributed by atoms with E-state index in [0.717, 1.165) is 0 Å². The zero-order valence-corrected chi connectivity index (χ0v) is 20.8. The molecule has 0 aliphatic carbocycles. The third kappa shape index (κ3) is 6.95. The summed E-state index contributed by atoms with van der Waals surface area (Å²) >= 11 is 0. The average Bonchev–Trinajstić information content (AvgIpc) is 3.39. The molecule has 4 rings (SSSR count). The lowest BCUT2D eigenvalue weighted by molar-refractivity contribution is -0.111. The number of aliphatic hydroxyl groups excluding tert-OH is 1. The monoisotopic (exact) mass is 519 g/mol. The molecule has 0 aromatic heterocycles. The molecule has 10 heteroatoms. The van der Waals surface area contributed by atoms with E-state index in [4.69, 9.17) is 29.8 Å². The molecule has 0 unspecified atom stereocenters. The van der Waals surface area contributed by atoms with Crippen LogP contribution >= 0.6 is 0 Å². The second-order valence-corrected chi connectivity index (χ2v) is 8.45. The summed E-state index contributed by atoms with van der Waals surface area (Å²) in [5.41, 5.74) is 8.02. The van der Waals surface area contributed by atoms with Crippen LogP contribution in [0.25, 0.3) is 0 Å². The number of anilines is 3. The number of ether oxygens (including phenoxy) is 4. The Labute approximate surface area is 220 Å². The van der Waals surface area contributed by atoms with Crippen LogP contribution in [0.2, 0.25) is 0 Å². The van der Waals surface area contributed by atoms with Gasteiger partial charge in [-0.3, -0.25) is 10.1 Å². The van der Waals surface area contributed by atoms with Crippen molar-refractivity contribution in [3.8, 4) is 17.2 Å². The zero-order valence-electron chi connectivity index (χ0n) is 20.8. The van der Waals surface area contributed by atoms with Crippen molar-refractivity contribution in [2.75, 3.05) is 36.4 Å². The number of benzene rings is 3. The number of fused-ring (bicyclic) bond motifs is 1. The first-order chi connectivity index (χ1) is 18.4. The van der Waals surface area contributed by atoms with Crippen LogP contribution in [-0.2, 0) is 9.53 Å². The van der Waals surface area contributed by atoms with Crippen molar-refractivity contribution in [2.45, 2.75) is 13.0 Å². The largest absolute Gasteiger partial charge is 0.491 e.